The smallest absolute Gasteiger partial charge is 0.311 e. The average Bonchev–Trinajstić information content (AvgIpc) is 3.59. The van der Waals surface area contributed by atoms with Gasteiger partial charge >= 0.3 is 5.97 Å². The number of amides is 1. The van der Waals surface area contributed by atoms with Crippen LogP contribution in [0.15, 0.2) is 42.5 Å². The fourth-order valence-corrected chi connectivity index (χ4v) is 6.07. The van der Waals surface area contributed by atoms with Gasteiger partial charge in [0, 0.05) is 36.9 Å². The van der Waals surface area contributed by atoms with Gasteiger partial charge in [-0.2, -0.15) is 0 Å². The van der Waals surface area contributed by atoms with Gasteiger partial charge in [-0.3, -0.25) is 14.5 Å². The van der Waals surface area contributed by atoms with Gasteiger partial charge in [0.2, 0.25) is 12.7 Å². The molecule has 3 unspecified atom stereocenters. The van der Waals surface area contributed by atoms with Gasteiger partial charge in [-0.05, 0) is 61.6 Å². The van der Waals surface area contributed by atoms with Crippen molar-refractivity contribution in [3.05, 3.63) is 53.6 Å². The number of rotatable bonds is 14. The van der Waals surface area contributed by atoms with E-state index in [2.05, 4.69) is 27.8 Å². The molecule has 0 spiro atoms. The van der Waals surface area contributed by atoms with Crippen molar-refractivity contribution < 1.29 is 28.5 Å². The molecule has 2 aliphatic heterocycles. The van der Waals surface area contributed by atoms with E-state index in [0.29, 0.717) is 18.0 Å². The van der Waals surface area contributed by atoms with Gasteiger partial charge < -0.3 is 23.8 Å². The number of esters is 1. The van der Waals surface area contributed by atoms with Crippen LogP contribution in [0.2, 0.25) is 0 Å². The lowest BCUT2D eigenvalue weighted by Crippen LogP contribution is -2.42. The molecule has 0 radical (unpaired) electrons. The number of alkyl halides is 1. The lowest BCUT2D eigenvalue weighted by Gasteiger charge is -2.30. The van der Waals surface area contributed by atoms with Crippen molar-refractivity contribution in [2.75, 3.05) is 52.0 Å². The van der Waals surface area contributed by atoms with Gasteiger partial charge in [-0.25, -0.2) is 0 Å². The molecule has 218 valence electrons. The second kappa shape index (κ2) is 14.7. The number of methoxy groups -OCH3 is 1. The fraction of sp³-hybridized carbons (Fsp3) is 0.548. The SMILES string of the molecule is CCCCN(CCCCBr)C(=O)CN1CC(c2ccc3c(c2)OCO3)C(C(=O)OCC)C1c1ccc(OC)cc1. The predicted octanol–water partition coefficient (Wildman–Crippen LogP) is 5.55. The molecule has 0 aromatic heterocycles. The Bertz CT molecular complexity index is 1130. The van der Waals surface area contributed by atoms with Crippen molar-refractivity contribution in [2.24, 2.45) is 5.92 Å². The quantitative estimate of drug-likeness (QED) is 0.156. The van der Waals surface area contributed by atoms with Crippen molar-refractivity contribution >= 4 is 27.8 Å². The van der Waals surface area contributed by atoms with Crippen molar-refractivity contribution in [3.63, 3.8) is 0 Å². The molecule has 1 fully saturated rings. The third kappa shape index (κ3) is 7.10. The highest BCUT2D eigenvalue weighted by molar-refractivity contribution is 9.09. The molecular weight excluding hydrogens is 576 g/mol. The van der Waals surface area contributed by atoms with Crippen LogP contribution in [0.4, 0.5) is 0 Å². The topological polar surface area (TPSA) is 77.5 Å². The Hall–Kier alpha value is -2.78. The van der Waals surface area contributed by atoms with Gasteiger partial charge in [0.15, 0.2) is 11.5 Å². The Morgan fingerprint density at radius 3 is 2.42 bits per heavy atom. The minimum Gasteiger partial charge on any atom is -0.497 e. The first-order valence-electron chi connectivity index (χ1n) is 14.3. The van der Waals surface area contributed by atoms with Crippen molar-refractivity contribution in [1.29, 1.82) is 0 Å². The van der Waals surface area contributed by atoms with Gasteiger partial charge in [0.25, 0.3) is 0 Å². The van der Waals surface area contributed by atoms with Crippen LogP contribution in [-0.2, 0) is 14.3 Å². The highest BCUT2D eigenvalue weighted by Crippen LogP contribution is 2.48. The van der Waals surface area contributed by atoms with E-state index in [1.807, 2.05) is 54.3 Å². The van der Waals surface area contributed by atoms with E-state index in [4.69, 9.17) is 18.9 Å². The molecule has 0 N–H and O–H groups in total. The molecule has 0 bridgehead atoms. The molecule has 1 amide bonds. The number of likely N-dealkylation sites (tertiary alicyclic amines) is 1. The minimum absolute atomic E-state index is 0.0930. The van der Waals surface area contributed by atoms with E-state index in [0.717, 1.165) is 61.0 Å². The number of fused-ring (bicyclic) bond motifs is 1. The van der Waals surface area contributed by atoms with E-state index >= 15 is 0 Å². The number of halogens is 1. The number of unbranched alkanes of at least 4 members (excludes halogenated alkanes) is 2. The maximum atomic E-state index is 13.8. The molecular formula is C31H41BrN2O6. The number of benzene rings is 2. The monoisotopic (exact) mass is 616 g/mol. The van der Waals surface area contributed by atoms with E-state index in [-0.39, 0.29) is 43.8 Å². The highest BCUT2D eigenvalue weighted by Gasteiger charge is 2.49. The van der Waals surface area contributed by atoms with Crippen LogP contribution >= 0.6 is 15.9 Å². The minimum atomic E-state index is -0.501. The molecule has 9 heteroatoms. The molecule has 2 aromatic carbocycles. The van der Waals surface area contributed by atoms with Gasteiger partial charge in [0.05, 0.1) is 26.2 Å². The number of hydrogen-bond donors (Lipinski definition) is 0. The zero-order valence-electron chi connectivity index (χ0n) is 23.8. The summed E-state index contributed by atoms with van der Waals surface area (Å²) in [6, 6.07) is 13.3. The summed E-state index contributed by atoms with van der Waals surface area (Å²) in [5.41, 5.74) is 1.92. The standard InChI is InChI=1S/C31H41BrN2O6/c1-4-6-16-33(17-8-7-15-32)28(35)20-34-19-25(23-11-14-26-27(18-23)40-21-39-26)29(31(36)38-5-2)30(34)22-9-12-24(37-3)13-10-22/h9-14,18,25,29-30H,4-8,15-17,19-21H2,1-3H3. The van der Waals surface area contributed by atoms with Crippen molar-refractivity contribution in [3.8, 4) is 17.2 Å². The number of carbonyl (C=O) groups is 2. The number of nitrogens with zero attached hydrogens (tertiary/aromatic N) is 2. The average molecular weight is 618 g/mol. The van der Waals surface area contributed by atoms with Crippen LogP contribution < -0.4 is 14.2 Å². The van der Waals surface area contributed by atoms with Crippen molar-refractivity contribution in [1.82, 2.24) is 9.80 Å². The van der Waals surface area contributed by atoms with Gasteiger partial charge in [-0.1, -0.05) is 47.5 Å². The number of carbonyl (C=O) groups excluding carboxylic acids is 2. The third-order valence-corrected chi connectivity index (χ3v) is 8.28. The van der Waals surface area contributed by atoms with Gasteiger partial charge in [0.1, 0.15) is 5.75 Å². The Labute approximate surface area is 246 Å². The molecule has 1 saturated heterocycles. The summed E-state index contributed by atoms with van der Waals surface area (Å²) in [6.07, 6.45) is 3.96. The summed E-state index contributed by atoms with van der Waals surface area (Å²) in [6.45, 7) is 6.68. The molecule has 4 rings (SSSR count). The summed E-state index contributed by atoms with van der Waals surface area (Å²) in [4.78, 5) is 31.5. The van der Waals surface area contributed by atoms with Crippen LogP contribution in [-0.4, -0.2) is 73.7 Å². The van der Waals surface area contributed by atoms with Crippen LogP contribution in [0, 0.1) is 5.92 Å². The maximum Gasteiger partial charge on any atom is 0.311 e. The van der Waals surface area contributed by atoms with Gasteiger partial charge in [-0.15, -0.1) is 0 Å². The van der Waals surface area contributed by atoms with Crippen LogP contribution in [0.1, 0.15) is 62.6 Å². The molecule has 2 heterocycles. The second-order valence-corrected chi connectivity index (χ2v) is 11.1. The van der Waals surface area contributed by atoms with E-state index in [1.54, 1.807) is 7.11 Å². The molecule has 2 aliphatic rings. The molecule has 0 aliphatic carbocycles. The Morgan fingerprint density at radius 1 is 1.00 bits per heavy atom. The Morgan fingerprint density at radius 2 is 1.73 bits per heavy atom. The molecule has 40 heavy (non-hydrogen) atoms. The Kier molecular flexibility index (Phi) is 11.1. The zero-order chi connectivity index (χ0) is 28.5. The molecule has 8 nitrogen and oxygen atoms in total. The molecule has 0 saturated carbocycles. The van der Waals surface area contributed by atoms with E-state index in [9.17, 15) is 9.59 Å². The number of ether oxygens (including phenoxy) is 4. The van der Waals surface area contributed by atoms with E-state index in [1.165, 1.54) is 0 Å². The largest absolute Gasteiger partial charge is 0.497 e. The molecule has 3 atom stereocenters. The second-order valence-electron chi connectivity index (χ2n) is 10.3. The fourth-order valence-electron chi connectivity index (χ4n) is 5.68. The van der Waals surface area contributed by atoms with Crippen LogP contribution in [0.5, 0.6) is 17.2 Å². The first-order valence-corrected chi connectivity index (χ1v) is 15.4. The summed E-state index contributed by atoms with van der Waals surface area (Å²) < 4.78 is 22.2. The first kappa shape index (κ1) is 30.2. The third-order valence-electron chi connectivity index (χ3n) is 7.72. The summed E-state index contributed by atoms with van der Waals surface area (Å²) >= 11 is 3.50. The number of hydrogen-bond acceptors (Lipinski definition) is 7. The van der Waals surface area contributed by atoms with Crippen molar-refractivity contribution in [2.45, 2.75) is 51.5 Å². The first-order chi connectivity index (χ1) is 19.5. The van der Waals surface area contributed by atoms with Crippen LogP contribution in [0.25, 0.3) is 0 Å². The zero-order valence-corrected chi connectivity index (χ0v) is 25.4. The Balaban J connectivity index is 1.69. The normalized spacial score (nSPS) is 19.9. The van der Waals surface area contributed by atoms with E-state index < -0.39 is 5.92 Å². The predicted molar refractivity (Wildman–Crippen MR) is 157 cm³/mol. The lowest BCUT2D eigenvalue weighted by atomic mass is 9.82. The highest BCUT2D eigenvalue weighted by atomic mass is 79.9. The summed E-state index contributed by atoms with van der Waals surface area (Å²) in [5.74, 6) is 1.25. The lowest BCUT2D eigenvalue weighted by molar-refractivity contribution is -0.150. The maximum absolute atomic E-state index is 13.8. The van der Waals surface area contributed by atoms with Crippen LogP contribution in [0.3, 0.4) is 0 Å². The summed E-state index contributed by atoms with van der Waals surface area (Å²) in [5, 5.41) is 0.924. The summed E-state index contributed by atoms with van der Waals surface area (Å²) in [7, 11) is 1.63. The molecule has 2 aromatic rings.